The molecule has 0 saturated heterocycles. The fraction of sp³-hybridized carbons (Fsp3) is 0.214. The molecule has 0 saturated carbocycles. The molecule has 7 nitrogen and oxygen atoms in total. The van der Waals surface area contributed by atoms with Gasteiger partial charge in [0.2, 0.25) is 5.28 Å². The van der Waals surface area contributed by atoms with Gasteiger partial charge in [-0.05, 0) is 29.8 Å². The van der Waals surface area contributed by atoms with Crippen molar-refractivity contribution in [3.8, 4) is 11.5 Å². The summed E-state index contributed by atoms with van der Waals surface area (Å²) in [6.07, 6.45) is 1.28. The molecule has 116 valence electrons. The summed E-state index contributed by atoms with van der Waals surface area (Å²) >= 11 is 5.75. The first-order valence-electron chi connectivity index (χ1n) is 6.32. The zero-order valence-electron chi connectivity index (χ0n) is 12.1. The first kappa shape index (κ1) is 15.8. The number of carbonyl (C=O) groups excluding carboxylic acids is 1. The zero-order valence-corrected chi connectivity index (χ0v) is 12.8. The van der Waals surface area contributed by atoms with Crippen LogP contribution in [0.5, 0.6) is 11.5 Å². The molecule has 1 aromatic carbocycles. The smallest absolute Gasteiger partial charge is 0.254 e. The summed E-state index contributed by atoms with van der Waals surface area (Å²) in [5.74, 6) is 0.983. The summed E-state index contributed by atoms with van der Waals surface area (Å²) in [6, 6.07) is 5.40. The Hall–Kier alpha value is -2.54. The molecule has 2 aromatic rings. The van der Waals surface area contributed by atoms with Crippen molar-refractivity contribution in [2.24, 2.45) is 5.73 Å². The predicted molar refractivity (Wildman–Crippen MR) is 82.4 cm³/mol. The van der Waals surface area contributed by atoms with E-state index in [9.17, 15) is 4.79 Å². The van der Waals surface area contributed by atoms with E-state index in [1.54, 1.807) is 26.4 Å². The van der Waals surface area contributed by atoms with Crippen LogP contribution in [0.2, 0.25) is 5.28 Å². The van der Waals surface area contributed by atoms with Crippen molar-refractivity contribution in [2.45, 2.75) is 6.54 Å². The number of primary amides is 1. The van der Waals surface area contributed by atoms with Crippen molar-refractivity contribution in [3.63, 3.8) is 0 Å². The molecule has 0 bridgehead atoms. The molecule has 1 amide bonds. The molecular formula is C14H15ClN4O3. The number of rotatable bonds is 6. The van der Waals surface area contributed by atoms with E-state index in [4.69, 9.17) is 26.8 Å². The Morgan fingerprint density at radius 3 is 2.77 bits per heavy atom. The van der Waals surface area contributed by atoms with E-state index in [0.717, 1.165) is 5.56 Å². The quantitative estimate of drug-likeness (QED) is 0.787. The number of hydrogen-bond acceptors (Lipinski definition) is 6. The molecule has 0 unspecified atom stereocenters. The van der Waals surface area contributed by atoms with Gasteiger partial charge in [-0.3, -0.25) is 4.79 Å². The van der Waals surface area contributed by atoms with Crippen molar-refractivity contribution in [2.75, 3.05) is 19.5 Å². The number of aromatic nitrogens is 2. The molecule has 0 atom stereocenters. The first-order valence-corrected chi connectivity index (χ1v) is 6.70. The van der Waals surface area contributed by atoms with E-state index < -0.39 is 5.91 Å². The minimum absolute atomic E-state index is 0.0186. The number of nitrogens with two attached hydrogens (primary N) is 1. The number of benzene rings is 1. The SMILES string of the molecule is COc1ccc(OC)c(CNc2nc(Cl)ncc2C(N)=O)c1. The third kappa shape index (κ3) is 3.56. The number of halogens is 1. The van der Waals surface area contributed by atoms with Crippen LogP contribution in [-0.4, -0.2) is 30.1 Å². The number of carbonyl (C=O) groups is 1. The molecule has 0 aliphatic carbocycles. The number of ether oxygens (including phenoxy) is 2. The van der Waals surface area contributed by atoms with Gasteiger partial charge < -0.3 is 20.5 Å². The van der Waals surface area contributed by atoms with Gasteiger partial charge in [0, 0.05) is 18.3 Å². The molecule has 0 aliphatic rings. The molecule has 1 aromatic heterocycles. The summed E-state index contributed by atoms with van der Waals surface area (Å²) in [6.45, 7) is 0.341. The van der Waals surface area contributed by atoms with E-state index in [0.29, 0.717) is 18.0 Å². The topological polar surface area (TPSA) is 99.4 Å². The predicted octanol–water partition coefficient (Wildman–Crippen LogP) is 1.86. The maximum atomic E-state index is 11.4. The fourth-order valence-corrected chi connectivity index (χ4v) is 2.01. The lowest BCUT2D eigenvalue weighted by Crippen LogP contribution is -2.16. The molecule has 0 spiro atoms. The third-order valence-electron chi connectivity index (χ3n) is 2.96. The summed E-state index contributed by atoms with van der Waals surface area (Å²) in [7, 11) is 3.15. The van der Waals surface area contributed by atoms with Crippen molar-refractivity contribution < 1.29 is 14.3 Å². The van der Waals surface area contributed by atoms with Crippen LogP contribution >= 0.6 is 11.6 Å². The van der Waals surface area contributed by atoms with Crippen LogP contribution in [0.1, 0.15) is 15.9 Å². The third-order valence-corrected chi connectivity index (χ3v) is 3.14. The minimum atomic E-state index is -0.642. The highest BCUT2D eigenvalue weighted by atomic mass is 35.5. The Kier molecular flexibility index (Phi) is 5.00. The highest BCUT2D eigenvalue weighted by Gasteiger charge is 2.12. The van der Waals surface area contributed by atoms with Crippen LogP contribution in [0.25, 0.3) is 0 Å². The fourth-order valence-electron chi connectivity index (χ4n) is 1.87. The van der Waals surface area contributed by atoms with Gasteiger partial charge in [-0.25, -0.2) is 4.98 Å². The average Bonchev–Trinajstić information content (AvgIpc) is 2.52. The van der Waals surface area contributed by atoms with E-state index in [-0.39, 0.29) is 16.7 Å². The van der Waals surface area contributed by atoms with Gasteiger partial charge >= 0.3 is 0 Å². The monoisotopic (exact) mass is 322 g/mol. The van der Waals surface area contributed by atoms with Gasteiger partial charge in [0.15, 0.2) is 0 Å². The number of hydrogen-bond donors (Lipinski definition) is 2. The van der Waals surface area contributed by atoms with Gasteiger partial charge in [-0.1, -0.05) is 0 Å². The maximum absolute atomic E-state index is 11.4. The Morgan fingerprint density at radius 1 is 1.36 bits per heavy atom. The summed E-state index contributed by atoms with van der Waals surface area (Å²) < 4.78 is 10.5. The first-order chi connectivity index (χ1) is 10.5. The van der Waals surface area contributed by atoms with Crippen molar-refractivity contribution in [3.05, 3.63) is 40.8 Å². The molecule has 0 aliphatic heterocycles. The van der Waals surface area contributed by atoms with Crippen molar-refractivity contribution in [1.82, 2.24) is 9.97 Å². The average molecular weight is 323 g/mol. The van der Waals surface area contributed by atoms with Gasteiger partial charge in [0.25, 0.3) is 5.91 Å². The standard InChI is InChI=1S/C14H15ClN4O3/c1-21-9-3-4-11(22-2)8(5-9)6-17-13-10(12(16)20)7-18-14(15)19-13/h3-5,7H,6H2,1-2H3,(H2,16,20)(H,17,18,19). The van der Waals surface area contributed by atoms with Crippen LogP contribution in [0.4, 0.5) is 5.82 Å². The highest BCUT2D eigenvalue weighted by Crippen LogP contribution is 2.25. The van der Waals surface area contributed by atoms with Gasteiger partial charge in [0.05, 0.1) is 19.8 Å². The van der Waals surface area contributed by atoms with Crippen LogP contribution < -0.4 is 20.5 Å². The Balaban J connectivity index is 2.26. The van der Waals surface area contributed by atoms with E-state index >= 15 is 0 Å². The lowest BCUT2D eigenvalue weighted by molar-refractivity contribution is 0.100. The lowest BCUT2D eigenvalue weighted by Gasteiger charge is -2.13. The van der Waals surface area contributed by atoms with E-state index in [2.05, 4.69) is 15.3 Å². The van der Waals surface area contributed by atoms with E-state index in [1.807, 2.05) is 6.07 Å². The summed E-state index contributed by atoms with van der Waals surface area (Å²) in [4.78, 5) is 19.1. The highest BCUT2D eigenvalue weighted by molar-refractivity contribution is 6.28. The largest absolute Gasteiger partial charge is 0.497 e. The molecule has 0 fully saturated rings. The molecule has 2 rings (SSSR count). The number of nitrogens with zero attached hydrogens (tertiary/aromatic N) is 2. The second-order valence-electron chi connectivity index (χ2n) is 4.30. The second kappa shape index (κ2) is 6.95. The van der Waals surface area contributed by atoms with Gasteiger partial charge in [-0.2, -0.15) is 4.98 Å². The molecule has 1 heterocycles. The second-order valence-corrected chi connectivity index (χ2v) is 4.63. The van der Waals surface area contributed by atoms with Crippen molar-refractivity contribution >= 4 is 23.3 Å². The lowest BCUT2D eigenvalue weighted by atomic mass is 10.2. The zero-order chi connectivity index (χ0) is 16.1. The van der Waals surface area contributed by atoms with E-state index in [1.165, 1.54) is 6.20 Å². The molecule has 8 heteroatoms. The minimum Gasteiger partial charge on any atom is -0.497 e. The van der Waals surface area contributed by atoms with Crippen LogP contribution in [0.3, 0.4) is 0 Å². The molecular weight excluding hydrogens is 308 g/mol. The van der Waals surface area contributed by atoms with Crippen molar-refractivity contribution in [1.29, 1.82) is 0 Å². The van der Waals surface area contributed by atoms with Gasteiger partial charge in [0.1, 0.15) is 17.3 Å². The summed E-state index contributed by atoms with van der Waals surface area (Å²) in [5, 5.41) is 3.02. The van der Waals surface area contributed by atoms with Crippen LogP contribution in [-0.2, 0) is 6.54 Å². The number of methoxy groups -OCH3 is 2. The Bertz CT molecular complexity index is 694. The summed E-state index contributed by atoms with van der Waals surface area (Å²) in [5.41, 5.74) is 6.27. The normalized spacial score (nSPS) is 10.1. The number of amides is 1. The number of nitrogens with one attached hydrogen (secondary N) is 1. The Morgan fingerprint density at radius 2 is 2.14 bits per heavy atom. The molecule has 22 heavy (non-hydrogen) atoms. The van der Waals surface area contributed by atoms with Gasteiger partial charge in [-0.15, -0.1) is 0 Å². The maximum Gasteiger partial charge on any atom is 0.254 e. The van der Waals surface area contributed by atoms with Crippen LogP contribution in [0.15, 0.2) is 24.4 Å². The Labute approximate surface area is 132 Å². The molecule has 0 radical (unpaired) electrons. The van der Waals surface area contributed by atoms with Crippen LogP contribution in [0, 0.1) is 0 Å². The number of anilines is 1. The molecule has 3 N–H and O–H groups in total.